The summed E-state index contributed by atoms with van der Waals surface area (Å²) in [5.74, 6) is -0.858. The second-order valence-corrected chi connectivity index (χ2v) is 9.72. The van der Waals surface area contributed by atoms with E-state index in [1.54, 1.807) is 6.07 Å². The third-order valence-electron chi connectivity index (χ3n) is 7.00. The summed E-state index contributed by atoms with van der Waals surface area (Å²) in [6.45, 7) is 4.14. The van der Waals surface area contributed by atoms with Gasteiger partial charge in [-0.3, -0.25) is 4.79 Å². The van der Waals surface area contributed by atoms with Crippen molar-refractivity contribution in [2.45, 2.75) is 58.0 Å². The highest BCUT2D eigenvalue weighted by molar-refractivity contribution is 5.74. The number of hydrogen-bond donors (Lipinski definition) is 1. The van der Waals surface area contributed by atoms with E-state index in [1.165, 1.54) is 29.9 Å². The van der Waals surface area contributed by atoms with Crippen molar-refractivity contribution in [3.8, 4) is 11.1 Å². The number of esters is 1. The van der Waals surface area contributed by atoms with Gasteiger partial charge in [0.15, 0.2) is 0 Å². The Kier molecular flexibility index (Phi) is 7.51. The topological polar surface area (TPSA) is 46.5 Å². The van der Waals surface area contributed by atoms with Gasteiger partial charge < -0.3 is 9.84 Å². The monoisotopic (exact) mass is 472 g/mol. The fourth-order valence-electron chi connectivity index (χ4n) is 4.91. The number of carbonyl (C=O) groups excluding carboxylic acids is 1. The van der Waals surface area contributed by atoms with Crippen LogP contribution in [0.3, 0.4) is 0 Å². The van der Waals surface area contributed by atoms with Crippen molar-refractivity contribution >= 4 is 12.0 Å². The first-order valence-electron chi connectivity index (χ1n) is 12.2. The van der Waals surface area contributed by atoms with Gasteiger partial charge >= 0.3 is 5.97 Å². The van der Waals surface area contributed by atoms with Crippen LogP contribution in [0, 0.1) is 19.7 Å². The Balaban J connectivity index is 1.47. The normalized spacial score (nSPS) is 15.0. The molecule has 3 nitrogen and oxygen atoms in total. The standard InChI is InChI=1S/C31H33FO3/c1-21-16-23(6-8-25(21)12-15-31(34)13-4-5-14-31)18-24-7-11-28(22(2)17-24)26-9-10-27(29(32)19-26)20-30(33)35-3/h6-12,15-17,19,34H,4-5,13-14,18,20H2,1-3H3/b15-12+. The lowest BCUT2D eigenvalue weighted by Gasteiger charge is -2.16. The predicted octanol–water partition coefficient (Wildman–Crippen LogP) is 6.73. The molecule has 0 unspecified atom stereocenters. The van der Waals surface area contributed by atoms with Crippen LogP contribution in [0.2, 0.25) is 0 Å². The van der Waals surface area contributed by atoms with Gasteiger partial charge in [0.2, 0.25) is 0 Å². The molecule has 0 radical (unpaired) electrons. The minimum Gasteiger partial charge on any atom is -0.469 e. The molecule has 1 N–H and O–H groups in total. The average Bonchev–Trinajstić information content (AvgIpc) is 3.26. The Morgan fingerprint density at radius 1 is 1.00 bits per heavy atom. The van der Waals surface area contributed by atoms with E-state index in [1.807, 2.05) is 25.1 Å². The molecule has 1 aliphatic carbocycles. The van der Waals surface area contributed by atoms with Gasteiger partial charge in [0.05, 0.1) is 19.1 Å². The number of methoxy groups -OCH3 is 1. The highest BCUT2D eigenvalue weighted by Crippen LogP contribution is 2.32. The van der Waals surface area contributed by atoms with Crippen molar-refractivity contribution in [2.24, 2.45) is 0 Å². The lowest BCUT2D eigenvalue weighted by Crippen LogP contribution is -2.19. The van der Waals surface area contributed by atoms with Gasteiger partial charge in [0.1, 0.15) is 5.82 Å². The fraction of sp³-hybridized carbons (Fsp3) is 0.323. The van der Waals surface area contributed by atoms with E-state index in [-0.39, 0.29) is 6.42 Å². The molecule has 0 aromatic heterocycles. The van der Waals surface area contributed by atoms with E-state index in [9.17, 15) is 14.3 Å². The first kappa shape index (κ1) is 24.9. The lowest BCUT2D eigenvalue weighted by molar-refractivity contribution is -0.139. The zero-order valence-corrected chi connectivity index (χ0v) is 20.7. The molecule has 0 amide bonds. The first-order valence-corrected chi connectivity index (χ1v) is 12.2. The molecule has 0 aliphatic heterocycles. The summed E-state index contributed by atoms with van der Waals surface area (Å²) in [7, 11) is 1.30. The van der Waals surface area contributed by atoms with Crippen molar-refractivity contribution in [1.29, 1.82) is 0 Å². The molecule has 35 heavy (non-hydrogen) atoms. The van der Waals surface area contributed by atoms with Gasteiger partial charge in [-0.25, -0.2) is 4.39 Å². The largest absolute Gasteiger partial charge is 0.469 e. The number of rotatable bonds is 7. The van der Waals surface area contributed by atoms with Crippen LogP contribution in [0.15, 0.2) is 60.7 Å². The summed E-state index contributed by atoms with van der Waals surface area (Å²) < 4.78 is 19.2. The minimum absolute atomic E-state index is 0.0740. The van der Waals surface area contributed by atoms with Gasteiger partial charge in [0, 0.05) is 0 Å². The van der Waals surface area contributed by atoms with E-state index in [2.05, 4.69) is 48.1 Å². The Morgan fingerprint density at radius 3 is 2.31 bits per heavy atom. The van der Waals surface area contributed by atoms with Crippen molar-refractivity contribution in [1.82, 2.24) is 0 Å². The molecule has 0 atom stereocenters. The summed E-state index contributed by atoms with van der Waals surface area (Å²) in [5.41, 5.74) is 7.27. The molecule has 1 aliphatic rings. The van der Waals surface area contributed by atoms with Crippen LogP contribution in [0.1, 0.15) is 59.1 Å². The van der Waals surface area contributed by atoms with Gasteiger partial charge in [0.25, 0.3) is 0 Å². The lowest BCUT2D eigenvalue weighted by atomic mass is 9.93. The molecule has 0 heterocycles. The van der Waals surface area contributed by atoms with Crippen LogP contribution in [-0.4, -0.2) is 23.8 Å². The molecule has 0 saturated heterocycles. The Bertz CT molecular complexity index is 1250. The predicted molar refractivity (Wildman–Crippen MR) is 139 cm³/mol. The smallest absolute Gasteiger partial charge is 0.310 e. The average molecular weight is 473 g/mol. The highest BCUT2D eigenvalue weighted by Gasteiger charge is 2.27. The molecule has 4 rings (SSSR count). The number of hydrogen-bond acceptors (Lipinski definition) is 3. The van der Waals surface area contributed by atoms with Crippen LogP contribution < -0.4 is 0 Å². The third-order valence-corrected chi connectivity index (χ3v) is 7.00. The summed E-state index contributed by atoms with van der Waals surface area (Å²) in [4.78, 5) is 11.5. The number of halogens is 1. The van der Waals surface area contributed by atoms with Gasteiger partial charge in [-0.05, 0) is 83.7 Å². The minimum atomic E-state index is -0.644. The molecular formula is C31H33FO3. The van der Waals surface area contributed by atoms with E-state index < -0.39 is 17.4 Å². The van der Waals surface area contributed by atoms with Crippen LogP contribution in [0.25, 0.3) is 17.2 Å². The fourth-order valence-corrected chi connectivity index (χ4v) is 4.91. The molecule has 0 bridgehead atoms. The van der Waals surface area contributed by atoms with Crippen LogP contribution in [0.4, 0.5) is 4.39 Å². The Hall–Kier alpha value is -3.24. The zero-order chi connectivity index (χ0) is 25.0. The molecule has 182 valence electrons. The highest BCUT2D eigenvalue weighted by atomic mass is 19.1. The second kappa shape index (κ2) is 10.6. The molecular weight excluding hydrogens is 439 g/mol. The van der Waals surface area contributed by atoms with Crippen molar-refractivity contribution in [2.75, 3.05) is 7.11 Å². The molecule has 3 aromatic carbocycles. The van der Waals surface area contributed by atoms with Gasteiger partial charge in [-0.15, -0.1) is 0 Å². The Morgan fingerprint density at radius 2 is 1.69 bits per heavy atom. The number of benzene rings is 3. The summed E-state index contributed by atoms with van der Waals surface area (Å²) in [6, 6.07) is 17.7. The van der Waals surface area contributed by atoms with Crippen molar-refractivity contribution in [3.05, 3.63) is 99.9 Å². The molecule has 4 heteroatoms. The summed E-state index contributed by atoms with van der Waals surface area (Å²) >= 11 is 0. The zero-order valence-electron chi connectivity index (χ0n) is 20.7. The number of carbonyl (C=O) groups is 1. The maximum atomic E-state index is 14.5. The SMILES string of the molecule is COC(=O)Cc1ccc(-c2ccc(Cc3ccc(/C=C/C4(O)CCCC4)c(C)c3)cc2C)cc1F. The maximum absolute atomic E-state index is 14.5. The van der Waals surface area contributed by atoms with Crippen molar-refractivity contribution in [3.63, 3.8) is 0 Å². The maximum Gasteiger partial charge on any atom is 0.310 e. The van der Waals surface area contributed by atoms with Gasteiger partial charge in [-0.1, -0.05) is 73.5 Å². The molecule has 3 aromatic rings. The van der Waals surface area contributed by atoms with Gasteiger partial charge in [-0.2, -0.15) is 0 Å². The first-order chi connectivity index (χ1) is 16.8. The van der Waals surface area contributed by atoms with Crippen LogP contribution >= 0.6 is 0 Å². The second-order valence-electron chi connectivity index (χ2n) is 9.72. The van der Waals surface area contributed by atoms with Crippen LogP contribution in [0.5, 0.6) is 0 Å². The third kappa shape index (κ3) is 6.07. The Labute approximate surface area is 207 Å². The van der Waals surface area contributed by atoms with E-state index in [0.717, 1.165) is 54.4 Å². The molecule has 1 fully saturated rings. The molecule has 1 saturated carbocycles. The van der Waals surface area contributed by atoms with E-state index >= 15 is 0 Å². The van der Waals surface area contributed by atoms with E-state index in [4.69, 9.17) is 0 Å². The summed E-state index contributed by atoms with van der Waals surface area (Å²) in [5, 5.41) is 10.6. The van der Waals surface area contributed by atoms with Crippen molar-refractivity contribution < 1.29 is 19.0 Å². The number of ether oxygens (including phenoxy) is 1. The number of aryl methyl sites for hydroxylation is 2. The van der Waals surface area contributed by atoms with E-state index in [0.29, 0.717) is 5.56 Å². The molecule has 0 spiro atoms. The number of aliphatic hydroxyl groups is 1. The quantitative estimate of drug-likeness (QED) is 0.388. The van der Waals surface area contributed by atoms with Crippen LogP contribution in [-0.2, 0) is 22.4 Å². The summed E-state index contributed by atoms with van der Waals surface area (Å²) in [6.07, 6.45) is 8.63.